The van der Waals surface area contributed by atoms with Gasteiger partial charge >= 0.3 is 0 Å². The number of benzene rings is 1. The van der Waals surface area contributed by atoms with Crippen LogP contribution in [0.15, 0.2) is 48.7 Å². The van der Waals surface area contributed by atoms with E-state index in [0.29, 0.717) is 18.8 Å². The molecule has 2 atom stereocenters. The fraction of sp³-hybridized carbons (Fsp3) is 0.333. The van der Waals surface area contributed by atoms with E-state index >= 15 is 0 Å². The molecule has 0 aliphatic heterocycles. The van der Waals surface area contributed by atoms with Crippen LogP contribution in [0.3, 0.4) is 0 Å². The molecule has 1 aromatic carbocycles. The fourth-order valence-electron chi connectivity index (χ4n) is 2.52. The van der Waals surface area contributed by atoms with Crippen molar-refractivity contribution in [1.29, 1.82) is 0 Å². The molecule has 0 spiro atoms. The number of aromatic nitrogens is 1. The molecule has 1 heterocycles. The number of rotatable bonds is 7. The highest BCUT2D eigenvalue weighted by Gasteiger charge is 2.44. The molecular weight excluding hydrogens is 340 g/mol. The fourth-order valence-corrected chi connectivity index (χ4v) is 4.23. The zero-order valence-electron chi connectivity index (χ0n) is 13.9. The molecule has 1 N–H and O–H groups in total. The number of hydrogen-bond acceptors (Lipinski definition) is 5. The third-order valence-electron chi connectivity index (χ3n) is 4.09. The summed E-state index contributed by atoms with van der Waals surface area (Å²) < 4.78 is 31.6. The van der Waals surface area contributed by atoms with E-state index in [1.54, 1.807) is 30.5 Å². The molecule has 132 valence electrons. The summed E-state index contributed by atoms with van der Waals surface area (Å²) in [6, 6.07) is 12.6. The predicted molar refractivity (Wildman–Crippen MR) is 93.3 cm³/mol. The van der Waals surface area contributed by atoms with Gasteiger partial charge in [0.25, 0.3) is 0 Å². The maximum absolute atomic E-state index is 11.9. The van der Waals surface area contributed by atoms with E-state index in [1.165, 1.54) is 0 Å². The van der Waals surface area contributed by atoms with Crippen LogP contribution in [-0.2, 0) is 27.8 Å². The molecule has 0 bridgehead atoms. The Kier molecular flexibility index (Phi) is 5.03. The Morgan fingerprint density at radius 2 is 1.96 bits per heavy atom. The highest BCUT2D eigenvalue weighted by atomic mass is 32.2. The Hall–Kier alpha value is -2.41. The van der Waals surface area contributed by atoms with Crippen molar-refractivity contribution >= 4 is 15.9 Å². The monoisotopic (exact) mass is 360 g/mol. The van der Waals surface area contributed by atoms with Gasteiger partial charge in [-0.2, -0.15) is 0 Å². The van der Waals surface area contributed by atoms with E-state index < -0.39 is 21.2 Å². The van der Waals surface area contributed by atoms with Crippen LogP contribution in [0.2, 0.25) is 0 Å². The molecule has 1 saturated carbocycles. The van der Waals surface area contributed by atoms with Crippen molar-refractivity contribution < 1.29 is 17.9 Å². The lowest BCUT2D eigenvalue weighted by Gasteiger charge is -2.08. The summed E-state index contributed by atoms with van der Waals surface area (Å²) in [6.07, 6.45) is 2.34. The van der Waals surface area contributed by atoms with Crippen LogP contribution in [0.1, 0.15) is 24.6 Å². The molecule has 25 heavy (non-hydrogen) atoms. The molecule has 1 aliphatic carbocycles. The summed E-state index contributed by atoms with van der Waals surface area (Å²) in [6.45, 7) is 2.22. The first-order valence-corrected chi connectivity index (χ1v) is 9.65. The predicted octanol–water partition coefficient (Wildman–Crippen LogP) is 2.06. The molecule has 0 unspecified atom stereocenters. The first-order valence-electron chi connectivity index (χ1n) is 8.10. The number of nitrogens with zero attached hydrogens (tertiary/aromatic N) is 1. The van der Waals surface area contributed by atoms with Gasteiger partial charge in [-0.25, -0.2) is 8.42 Å². The quantitative estimate of drug-likeness (QED) is 0.817. The molecule has 1 aliphatic rings. The molecule has 1 amide bonds. The summed E-state index contributed by atoms with van der Waals surface area (Å²) in [7, 11) is -3.53. The number of carbonyl (C=O) groups is 1. The lowest BCUT2D eigenvalue weighted by molar-refractivity contribution is -0.118. The van der Waals surface area contributed by atoms with Gasteiger partial charge in [0.15, 0.2) is 0 Å². The van der Waals surface area contributed by atoms with Gasteiger partial charge in [0.1, 0.15) is 12.4 Å². The van der Waals surface area contributed by atoms with E-state index in [0.717, 1.165) is 11.3 Å². The van der Waals surface area contributed by atoms with E-state index in [1.807, 2.05) is 25.1 Å². The van der Waals surface area contributed by atoms with Gasteiger partial charge in [0, 0.05) is 6.20 Å². The van der Waals surface area contributed by atoms with Crippen LogP contribution in [-0.4, -0.2) is 24.6 Å². The van der Waals surface area contributed by atoms with Crippen LogP contribution >= 0.6 is 0 Å². The summed E-state index contributed by atoms with van der Waals surface area (Å²) in [5.41, 5.74) is 1.55. The number of amides is 1. The second-order valence-corrected chi connectivity index (χ2v) is 8.15. The van der Waals surface area contributed by atoms with E-state index in [4.69, 9.17) is 4.74 Å². The maximum atomic E-state index is 11.9. The first kappa shape index (κ1) is 17.4. The Morgan fingerprint density at radius 1 is 1.24 bits per heavy atom. The molecule has 7 heteroatoms. The van der Waals surface area contributed by atoms with Gasteiger partial charge in [-0.15, -0.1) is 0 Å². The minimum Gasteiger partial charge on any atom is -0.487 e. The Labute approximate surface area is 147 Å². The number of ether oxygens (including phenoxy) is 1. The van der Waals surface area contributed by atoms with E-state index in [-0.39, 0.29) is 12.3 Å². The molecule has 1 aromatic heterocycles. The summed E-state index contributed by atoms with van der Waals surface area (Å²) in [5.74, 6) is 0.274. The first-order chi connectivity index (χ1) is 11.9. The van der Waals surface area contributed by atoms with Crippen molar-refractivity contribution in [2.75, 3.05) is 0 Å². The lowest BCUT2D eigenvalue weighted by atomic mass is 10.1. The second-order valence-electron chi connectivity index (χ2n) is 6.25. The van der Waals surface area contributed by atoms with Crippen molar-refractivity contribution in [2.45, 2.75) is 31.6 Å². The molecule has 2 aromatic rings. The lowest BCUT2D eigenvalue weighted by Crippen LogP contribution is -2.34. The minimum absolute atomic E-state index is 0.0147. The Balaban J connectivity index is 1.51. The maximum Gasteiger partial charge on any atom is 0.238 e. The average Bonchev–Trinajstić information content (AvgIpc) is 3.33. The Morgan fingerprint density at radius 3 is 2.56 bits per heavy atom. The van der Waals surface area contributed by atoms with Gasteiger partial charge in [0.05, 0.1) is 17.4 Å². The third-order valence-corrected chi connectivity index (χ3v) is 6.06. The minimum atomic E-state index is -3.53. The molecule has 6 nitrogen and oxygen atoms in total. The van der Waals surface area contributed by atoms with Crippen LogP contribution in [0, 0.1) is 5.92 Å². The number of carbonyl (C=O) groups excluding carboxylic acids is 1. The van der Waals surface area contributed by atoms with Gasteiger partial charge in [0.2, 0.25) is 15.9 Å². The topological polar surface area (TPSA) is 85.4 Å². The molecule has 3 rings (SSSR count). The average molecular weight is 360 g/mol. The van der Waals surface area contributed by atoms with Crippen molar-refractivity contribution in [3.05, 3.63) is 59.9 Å². The SMILES string of the molecule is C[C@@H]1C[C@H]1S(=O)(=O)NC(=O)Cc1ccc(OCc2ccccn2)cc1. The zero-order chi connectivity index (χ0) is 17.9. The van der Waals surface area contributed by atoms with Crippen molar-refractivity contribution in [3.8, 4) is 5.75 Å². The zero-order valence-corrected chi connectivity index (χ0v) is 14.7. The highest BCUT2D eigenvalue weighted by molar-refractivity contribution is 7.91. The van der Waals surface area contributed by atoms with E-state index in [9.17, 15) is 13.2 Å². The van der Waals surface area contributed by atoms with Crippen molar-refractivity contribution in [1.82, 2.24) is 9.71 Å². The molecule has 0 saturated heterocycles. The van der Waals surface area contributed by atoms with Gasteiger partial charge in [-0.1, -0.05) is 25.1 Å². The summed E-state index contributed by atoms with van der Waals surface area (Å²) in [4.78, 5) is 16.1. The van der Waals surface area contributed by atoms with Crippen LogP contribution in [0.25, 0.3) is 0 Å². The number of hydrogen-bond donors (Lipinski definition) is 1. The van der Waals surface area contributed by atoms with E-state index in [2.05, 4.69) is 9.71 Å². The summed E-state index contributed by atoms with van der Waals surface area (Å²) in [5, 5.41) is -0.432. The van der Waals surface area contributed by atoms with Gasteiger partial charge in [-0.05, 0) is 42.2 Å². The molecular formula is C18H20N2O4S. The standard InChI is InChI=1S/C18H20N2O4S/c1-13-10-17(13)25(22,23)20-18(21)11-14-5-7-16(8-6-14)24-12-15-4-2-3-9-19-15/h2-9,13,17H,10-12H2,1H3,(H,20,21)/t13-,17-/m1/s1. The third kappa shape index (κ3) is 4.79. The highest BCUT2D eigenvalue weighted by Crippen LogP contribution is 2.35. The largest absolute Gasteiger partial charge is 0.487 e. The van der Waals surface area contributed by atoms with Crippen molar-refractivity contribution in [3.63, 3.8) is 0 Å². The summed E-state index contributed by atoms with van der Waals surface area (Å²) >= 11 is 0. The van der Waals surface area contributed by atoms with Crippen molar-refractivity contribution in [2.24, 2.45) is 5.92 Å². The smallest absolute Gasteiger partial charge is 0.238 e. The van der Waals surface area contributed by atoms with Gasteiger partial charge < -0.3 is 4.74 Å². The normalized spacial score (nSPS) is 19.2. The number of pyridine rings is 1. The number of sulfonamides is 1. The Bertz CT molecular complexity index is 835. The molecule has 0 radical (unpaired) electrons. The van der Waals surface area contributed by atoms with Gasteiger partial charge in [-0.3, -0.25) is 14.5 Å². The van der Waals surface area contributed by atoms with Crippen LogP contribution in [0.5, 0.6) is 5.75 Å². The van der Waals surface area contributed by atoms with Crippen LogP contribution < -0.4 is 9.46 Å². The second kappa shape index (κ2) is 7.23. The number of nitrogens with one attached hydrogen (secondary N) is 1. The van der Waals surface area contributed by atoms with Crippen LogP contribution in [0.4, 0.5) is 0 Å². The molecule has 1 fully saturated rings.